The summed E-state index contributed by atoms with van der Waals surface area (Å²) in [5, 5.41) is 4.45. The minimum atomic E-state index is -0.216. The third kappa shape index (κ3) is 7.64. The van der Waals surface area contributed by atoms with Crippen molar-refractivity contribution < 1.29 is 23.8 Å². The Labute approximate surface area is 168 Å². The predicted molar refractivity (Wildman–Crippen MR) is 105 cm³/mol. The van der Waals surface area contributed by atoms with E-state index < -0.39 is 0 Å². The van der Waals surface area contributed by atoms with Gasteiger partial charge in [0.25, 0.3) is 0 Å². The highest BCUT2D eigenvalue weighted by Crippen LogP contribution is 2.40. The second-order valence-corrected chi connectivity index (χ2v) is 6.39. The van der Waals surface area contributed by atoms with Gasteiger partial charge >= 0.3 is 5.97 Å². The van der Waals surface area contributed by atoms with Crippen LogP contribution in [0.25, 0.3) is 0 Å². The first kappa shape index (κ1) is 23.0. The predicted octanol–water partition coefficient (Wildman–Crippen LogP) is 3.97. The van der Waals surface area contributed by atoms with Gasteiger partial charge in [0.05, 0.1) is 37.6 Å². The fourth-order valence-corrected chi connectivity index (χ4v) is 2.90. The third-order valence-electron chi connectivity index (χ3n) is 3.74. The Hall–Kier alpha value is -1.99. The van der Waals surface area contributed by atoms with Gasteiger partial charge in [-0.3, -0.25) is 9.59 Å². The number of carbonyl (C=O) groups is 2. The van der Waals surface area contributed by atoms with Gasteiger partial charge in [-0.15, -0.1) is 0 Å². The van der Waals surface area contributed by atoms with Crippen LogP contribution in [-0.4, -0.2) is 39.4 Å². The maximum atomic E-state index is 11.8. The van der Waals surface area contributed by atoms with Crippen LogP contribution in [-0.2, 0) is 14.3 Å². The van der Waals surface area contributed by atoms with Crippen molar-refractivity contribution in [3.05, 3.63) is 21.7 Å². The summed E-state index contributed by atoms with van der Waals surface area (Å²) in [6.07, 6.45) is 5.27. The molecule has 0 bridgehead atoms. The molecule has 0 fully saturated rings. The molecule has 0 heterocycles. The molecule has 0 saturated carbocycles. The van der Waals surface area contributed by atoms with E-state index in [2.05, 4.69) is 15.3 Å². The summed E-state index contributed by atoms with van der Waals surface area (Å²) in [6, 6.07) is 1.56. The van der Waals surface area contributed by atoms with Crippen LogP contribution in [0.1, 0.15) is 44.1 Å². The van der Waals surface area contributed by atoms with Crippen molar-refractivity contribution in [1.82, 2.24) is 5.43 Å². The highest BCUT2D eigenvalue weighted by Gasteiger charge is 2.16. The van der Waals surface area contributed by atoms with E-state index in [-0.39, 0.29) is 16.9 Å². The summed E-state index contributed by atoms with van der Waals surface area (Å²) in [5.74, 6) is 0.311. The van der Waals surface area contributed by atoms with Crippen LogP contribution in [0, 0.1) is 0 Å². The van der Waals surface area contributed by atoms with Crippen molar-refractivity contribution in [1.29, 1.82) is 0 Å². The topological polar surface area (TPSA) is 86.2 Å². The Morgan fingerprint density at radius 1 is 1.07 bits per heavy atom. The lowest BCUT2D eigenvalue weighted by Gasteiger charge is -2.12. The summed E-state index contributed by atoms with van der Waals surface area (Å²) in [6.45, 7) is 0. The number of unbranched alkanes of at least 4 members (excludes halogenated alkanes) is 3. The van der Waals surface area contributed by atoms with E-state index in [9.17, 15) is 9.59 Å². The maximum absolute atomic E-state index is 11.8. The average molecular weight is 419 g/mol. The number of nitrogens with one attached hydrogen (secondary N) is 1. The van der Waals surface area contributed by atoms with E-state index in [0.29, 0.717) is 41.3 Å². The van der Waals surface area contributed by atoms with Crippen LogP contribution in [0.2, 0.25) is 10.0 Å². The minimum absolute atomic E-state index is 0.213. The summed E-state index contributed by atoms with van der Waals surface area (Å²) < 4.78 is 14.9. The van der Waals surface area contributed by atoms with Crippen molar-refractivity contribution >= 4 is 41.3 Å². The molecule has 0 atom stereocenters. The molecule has 1 rings (SSSR count). The molecule has 0 unspecified atom stereocenters. The lowest BCUT2D eigenvalue weighted by atomic mass is 10.1. The van der Waals surface area contributed by atoms with Crippen LogP contribution in [0.4, 0.5) is 0 Å². The fraction of sp³-hybridized carbons (Fsp3) is 0.500. The third-order valence-corrected chi connectivity index (χ3v) is 4.43. The Kier molecular flexibility index (Phi) is 10.6. The first-order valence-corrected chi connectivity index (χ1v) is 9.18. The maximum Gasteiger partial charge on any atom is 0.305 e. The zero-order chi connectivity index (χ0) is 20.2. The number of esters is 1. The molecule has 0 saturated heterocycles. The van der Waals surface area contributed by atoms with E-state index in [1.165, 1.54) is 27.5 Å². The number of rotatable bonds is 11. The molecule has 0 aliphatic carbocycles. The van der Waals surface area contributed by atoms with Gasteiger partial charge in [-0.1, -0.05) is 36.0 Å². The van der Waals surface area contributed by atoms with Gasteiger partial charge in [0.1, 0.15) is 0 Å². The van der Waals surface area contributed by atoms with Crippen LogP contribution in [0.15, 0.2) is 11.2 Å². The molecule has 7 nitrogen and oxygen atoms in total. The number of ether oxygens (including phenoxy) is 3. The number of nitrogens with zero attached hydrogens (tertiary/aromatic N) is 1. The summed E-state index contributed by atoms with van der Waals surface area (Å²) in [7, 11) is 4.31. The first-order valence-electron chi connectivity index (χ1n) is 8.43. The van der Waals surface area contributed by atoms with Crippen molar-refractivity contribution in [3.63, 3.8) is 0 Å². The molecule has 1 aromatic carbocycles. The number of benzene rings is 1. The molecule has 150 valence electrons. The van der Waals surface area contributed by atoms with Crippen molar-refractivity contribution in [2.45, 2.75) is 38.5 Å². The minimum Gasteiger partial charge on any atom is -0.493 e. The lowest BCUT2D eigenvalue weighted by molar-refractivity contribution is -0.140. The summed E-state index contributed by atoms with van der Waals surface area (Å²) >= 11 is 12.4. The number of methoxy groups -OCH3 is 3. The van der Waals surface area contributed by atoms with Crippen LogP contribution < -0.4 is 14.9 Å². The fourth-order valence-electron chi connectivity index (χ4n) is 2.29. The molecular weight excluding hydrogens is 395 g/mol. The highest BCUT2D eigenvalue weighted by atomic mass is 35.5. The van der Waals surface area contributed by atoms with Crippen molar-refractivity contribution in [3.8, 4) is 11.5 Å². The monoisotopic (exact) mass is 418 g/mol. The molecule has 0 aliphatic rings. The Morgan fingerprint density at radius 2 is 1.74 bits per heavy atom. The van der Waals surface area contributed by atoms with Gasteiger partial charge in [0, 0.05) is 24.5 Å². The molecule has 0 aliphatic heterocycles. The van der Waals surface area contributed by atoms with Gasteiger partial charge < -0.3 is 14.2 Å². The van der Waals surface area contributed by atoms with Gasteiger partial charge in [-0.25, -0.2) is 5.43 Å². The number of carbonyl (C=O) groups excluding carboxylic acids is 2. The zero-order valence-corrected chi connectivity index (χ0v) is 17.2. The van der Waals surface area contributed by atoms with Gasteiger partial charge in [-0.2, -0.15) is 5.10 Å². The summed E-state index contributed by atoms with van der Waals surface area (Å²) in [4.78, 5) is 22.8. The molecule has 0 spiro atoms. The van der Waals surface area contributed by atoms with E-state index in [0.717, 1.165) is 19.3 Å². The van der Waals surface area contributed by atoms with Crippen molar-refractivity contribution in [2.75, 3.05) is 21.3 Å². The molecule has 1 N–H and O–H groups in total. The summed E-state index contributed by atoms with van der Waals surface area (Å²) in [5.41, 5.74) is 2.85. The Balaban J connectivity index is 2.46. The Morgan fingerprint density at radius 3 is 2.33 bits per heavy atom. The van der Waals surface area contributed by atoms with Gasteiger partial charge in [0.15, 0.2) is 11.5 Å². The number of amides is 1. The molecule has 0 radical (unpaired) electrons. The molecule has 27 heavy (non-hydrogen) atoms. The molecular formula is C18H24Cl2N2O5. The van der Waals surface area contributed by atoms with E-state index in [1.54, 1.807) is 6.07 Å². The Bertz CT molecular complexity index is 680. The van der Waals surface area contributed by atoms with Crippen LogP contribution in [0.5, 0.6) is 11.5 Å². The second kappa shape index (κ2) is 12.4. The number of hydrogen-bond acceptors (Lipinski definition) is 6. The standard InChI is InChI=1S/C18H24Cl2N2O5/c1-25-14-10-13(19)12(17(20)18(14)27-3)11-21-22-15(23)8-6-4-5-7-9-16(24)26-2/h10-11H,4-9H2,1-3H3,(H,22,23)/b21-11+. The smallest absolute Gasteiger partial charge is 0.305 e. The normalized spacial score (nSPS) is 10.7. The molecule has 0 aromatic heterocycles. The molecule has 1 aromatic rings. The van der Waals surface area contributed by atoms with Crippen LogP contribution >= 0.6 is 23.2 Å². The van der Waals surface area contributed by atoms with E-state index >= 15 is 0 Å². The number of halogens is 2. The van der Waals surface area contributed by atoms with Gasteiger partial charge in [-0.05, 0) is 12.8 Å². The van der Waals surface area contributed by atoms with Crippen molar-refractivity contribution in [2.24, 2.45) is 5.10 Å². The highest BCUT2D eigenvalue weighted by molar-refractivity contribution is 6.40. The van der Waals surface area contributed by atoms with Gasteiger partial charge in [0.2, 0.25) is 5.91 Å². The number of hydrazone groups is 1. The molecule has 9 heteroatoms. The average Bonchev–Trinajstić information content (AvgIpc) is 2.66. The largest absolute Gasteiger partial charge is 0.493 e. The second-order valence-electron chi connectivity index (χ2n) is 5.61. The SMILES string of the molecule is COC(=O)CCCCCCC(=O)N/N=C/c1c(Cl)cc(OC)c(OC)c1Cl. The van der Waals surface area contributed by atoms with Crippen LogP contribution in [0.3, 0.4) is 0 Å². The first-order chi connectivity index (χ1) is 12.9. The quantitative estimate of drug-likeness (QED) is 0.254. The number of hydrogen-bond donors (Lipinski definition) is 1. The lowest BCUT2D eigenvalue weighted by Crippen LogP contribution is -2.17. The van der Waals surface area contributed by atoms with E-state index in [1.807, 2.05) is 0 Å². The molecule has 1 amide bonds. The van der Waals surface area contributed by atoms with E-state index in [4.69, 9.17) is 32.7 Å². The zero-order valence-electron chi connectivity index (χ0n) is 15.6.